The number of nitrogens with one attached hydrogen (secondary N) is 1. The van der Waals surface area contributed by atoms with Gasteiger partial charge in [-0.15, -0.1) is 0 Å². The van der Waals surface area contributed by atoms with Crippen LogP contribution in [0.1, 0.15) is 5.56 Å². The number of nitrogens with two attached hydrogens (primary N) is 1. The van der Waals surface area contributed by atoms with Crippen molar-refractivity contribution in [3.8, 4) is 5.75 Å². The highest BCUT2D eigenvalue weighted by atomic mass is 16.5. The maximum absolute atomic E-state index is 12.0. The zero-order chi connectivity index (χ0) is 15.4. The van der Waals surface area contributed by atoms with Crippen LogP contribution in [0.5, 0.6) is 5.75 Å². The van der Waals surface area contributed by atoms with Gasteiger partial charge in [0.15, 0.2) is 0 Å². The molecule has 7 heteroatoms. The van der Waals surface area contributed by atoms with Crippen molar-refractivity contribution in [1.82, 2.24) is 5.32 Å². The predicted octanol–water partition coefficient (Wildman–Crippen LogP) is -0.522. The van der Waals surface area contributed by atoms with Crippen molar-refractivity contribution in [2.75, 3.05) is 13.2 Å². The van der Waals surface area contributed by atoms with Gasteiger partial charge in [-0.2, -0.15) is 0 Å². The minimum Gasteiger partial charge on any atom is -0.508 e. The van der Waals surface area contributed by atoms with Crippen LogP contribution in [-0.4, -0.2) is 47.4 Å². The van der Waals surface area contributed by atoms with Crippen molar-refractivity contribution in [2.24, 2.45) is 11.7 Å². The Morgan fingerprint density at radius 3 is 2.62 bits per heavy atom. The van der Waals surface area contributed by atoms with E-state index >= 15 is 0 Å². The first-order valence-corrected chi connectivity index (χ1v) is 6.62. The van der Waals surface area contributed by atoms with E-state index in [1.165, 1.54) is 12.1 Å². The van der Waals surface area contributed by atoms with Gasteiger partial charge in [-0.1, -0.05) is 12.1 Å². The standard InChI is InChI=1S/C14H18N2O5/c15-11(5-8-1-3-9(17)4-2-8)13(18)16-12-7-21-6-10(12)14(19)20/h1-4,10-12,17H,5-7,15H2,(H,16,18)(H,19,20)/t10?,11-,12?/m1/s1. The van der Waals surface area contributed by atoms with E-state index in [2.05, 4.69) is 5.32 Å². The van der Waals surface area contributed by atoms with Crippen molar-refractivity contribution < 1.29 is 24.5 Å². The fourth-order valence-corrected chi connectivity index (χ4v) is 2.21. The molecule has 1 fully saturated rings. The molecule has 0 aliphatic carbocycles. The Morgan fingerprint density at radius 1 is 1.33 bits per heavy atom. The van der Waals surface area contributed by atoms with E-state index in [4.69, 9.17) is 15.6 Å². The molecule has 1 aliphatic heterocycles. The van der Waals surface area contributed by atoms with Gasteiger partial charge in [0, 0.05) is 0 Å². The lowest BCUT2D eigenvalue weighted by atomic mass is 10.0. The van der Waals surface area contributed by atoms with Crippen LogP contribution in [0.3, 0.4) is 0 Å². The number of carboxylic acid groups (broad SMARTS) is 1. The lowest BCUT2D eigenvalue weighted by Gasteiger charge is -2.19. The fourth-order valence-electron chi connectivity index (χ4n) is 2.21. The SMILES string of the molecule is N[C@H](Cc1ccc(O)cc1)C(=O)NC1COCC1C(=O)O. The zero-order valence-electron chi connectivity index (χ0n) is 11.4. The largest absolute Gasteiger partial charge is 0.508 e. The Hall–Kier alpha value is -2.12. The molecule has 0 aromatic heterocycles. The lowest BCUT2D eigenvalue weighted by molar-refractivity contribution is -0.142. The Bertz CT molecular complexity index is 517. The van der Waals surface area contributed by atoms with Gasteiger partial charge in [-0.05, 0) is 24.1 Å². The van der Waals surface area contributed by atoms with Gasteiger partial charge in [-0.3, -0.25) is 9.59 Å². The topological polar surface area (TPSA) is 122 Å². The van der Waals surface area contributed by atoms with E-state index in [1.807, 2.05) is 0 Å². The summed E-state index contributed by atoms with van der Waals surface area (Å²) in [5.74, 6) is -2.01. The van der Waals surface area contributed by atoms with E-state index in [-0.39, 0.29) is 19.0 Å². The molecule has 5 N–H and O–H groups in total. The maximum atomic E-state index is 12.0. The first kappa shape index (κ1) is 15.3. The van der Waals surface area contributed by atoms with Crippen molar-refractivity contribution in [2.45, 2.75) is 18.5 Å². The highest BCUT2D eigenvalue weighted by Crippen LogP contribution is 2.15. The van der Waals surface area contributed by atoms with Crippen molar-refractivity contribution in [1.29, 1.82) is 0 Å². The van der Waals surface area contributed by atoms with E-state index in [1.54, 1.807) is 12.1 Å². The van der Waals surface area contributed by atoms with E-state index in [9.17, 15) is 14.7 Å². The summed E-state index contributed by atoms with van der Waals surface area (Å²) in [5.41, 5.74) is 6.64. The van der Waals surface area contributed by atoms with Gasteiger partial charge in [0.25, 0.3) is 0 Å². The number of rotatable bonds is 5. The molecule has 2 rings (SSSR count). The first-order valence-electron chi connectivity index (χ1n) is 6.62. The molecule has 0 bridgehead atoms. The molecule has 1 amide bonds. The monoisotopic (exact) mass is 294 g/mol. The Kier molecular flexibility index (Phi) is 4.77. The summed E-state index contributed by atoms with van der Waals surface area (Å²) in [6.07, 6.45) is 0.303. The normalized spacial score (nSPS) is 22.7. The van der Waals surface area contributed by atoms with Crippen LogP contribution in [0.4, 0.5) is 0 Å². The number of phenols is 1. The molecule has 21 heavy (non-hydrogen) atoms. The molecule has 1 saturated heterocycles. The molecule has 7 nitrogen and oxygen atoms in total. The second kappa shape index (κ2) is 6.55. The summed E-state index contributed by atoms with van der Waals surface area (Å²) in [7, 11) is 0. The average molecular weight is 294 g/mol. The third kappa shape index (κ3) is 3.93. The van der Waals surface area contributed by atoms with Gasteiger partial charge in [0.05, 0.1) is 25.3 Å². The van der Waals surface area contributed by atoms with Crippen molar-refractivity contribution in [3.05, 3.63) is 29.8 Å². The highest BCUT2D eigenvalue weighted by Gasteiger charge is 2.35. The van der Waals surface area contributed by atoms with Crippen LogP contribution in [-0.2, 0) is 20.7 Å². The second-order valence-electron chi connectivity index (χ2n) is 5.07. The van der Waals surface area contributed by atoms with Gasteiger partial charge in [0.2, 0.25) is 5.91 Å². The number of phenolic OH excluding ortho intramolecular Hbond substituents is 1. The maximum Gasteiger partial charge on any atom is 0.311 e. The molecule has 0 saturated carbocycles. The zero-order valence-corrected chi connectivity index (χ0v) is 11.4. The minimum absolute atomic E-state index is 0.0908. The molecule has 1 aromatic rings. The molecule has 114 valence electrons. The third-order valence-corrected chi connectivity index (χ3v) is 3.45. The number of carboxylic acids is 1. The smallest absolute Gasteiger partial charge is 0.311 e. The molecular weight excluding hydrogens is 276 g/mol. The molecule has 1 aromatic carbocycles. The van der Waals surface area contributed by atoms with Crippen LogP contribution in [0.2, 0.25) is 0 Å². The number of carbonyl (C=O) groups excluding carboxylic acids is 1. The van der Waals surface area contributed by atoms with Crippen LogP contribution in [0.25, 0.3) is 0 Å². The third-order valence-electron chi connectivity index (χ3n) is 3.45. The Morgan fingerprint density at radius 2 is 2.00 bits per heavy atom. The lowest BCUT2D eigenvalue weighted by Crippen LogP contribution is -2.50. The minimum atomic E-state index is -0.995. The number of benzene rings is 1. The van der Waals surface area contributed by atoms with E-state index < -0.39 is 29.9 Å². The number of ether oxygens (including phenoxy) is 1. The molecule has 0 spiro atoms. The van der Waals surface area contributed by atoms with E-state index in [0.29, 0.717) is 6.42 Å². The molecular formula is C14H18N2O5. The predicted molar refractivity (Wildman–Crippen MR) is 73.7 cm³/mol. The van der Waals surface area contributed by atoms with Gasteiger partial charge in [0.1, 0.15) is 11.7 Å². The number of aromatic hydroxyl groups is 1. The number of aliphatic carboxylic acids is 1. The molecule has 1 aliphatic rings. The van der Waals surface area contributed by atoms with Crippen molar-refractivity contribution in [3.63, 3.8) is 0 Å². The average Bonchev–Trinajstić information content (AvgIpc) is 2.89. The molecule has 1 heterocycles. The first-order chi connectivity index (χ1) is 9.97. The summed E-state index contributed by atoms with van der Waals surface area (Å²) in [6.45, 7) is 0.266. The van der Waals surface area contributed by atoms with Crippen LogP contribution in [0.15, 0.2) is 24.3 Å². The van der Waals surface area contributed by atoms with Gasteiger partial charge >= 0.3 is 5.97 Å². The molecule has 2 unspecified atom stereocenters. The summed E-state index contributed by atoms with van der Waals surface area (Å²) < 4.78 is 5.08. The Labute approximate surface area is 121 Å². The number of hydrogen-bond donors (Lipinski definition) is 4. The second-order valence-corrected chi connectivity index (χ2v) is 5.07. The summed E-state index contributed by atoms with van der Waals surface area (Å²) in [5, 5.41) is 20.8. The fraction of sp³-hybridized carbons (Fsp3) is 0.429. The number of amides is 1. The van der Waals surface area contributed by atoms with Crippen molar-refractivity contribution >= 4 is 11.9 Å². The highest BCUT2D eigenvalue weighted by molar-refractivity contribution is 5.83. The molecule has 0 radical (unpaired) electrons. The number of hydrogen-bond acceptors (Lipinski definition) is 5. The van der Waals surface area contributed by atoms with Crippen LogP contribution in [0, 0.1) is 5.92 Å². The van der Waals surface area contributed by atoms with Gasteiger partial charge in [-0.25, -0.2) is 0 Å². The summed E-state index contributed by atoms with van der Waals surface area (Å²) in [6, 6.07) is 5.06. The number of carbonyl (C=O) groups is 2. The summed E-state index contributed by atoms with van der Waals surface area (Å²) in [4.78, 5) is 23.0. The quantitative estimate of drug-likeness (QED) is 0.579. The van der Waals surface area contributed by atoms with Gasteiger partial charge < -0.3 is 26.0 Å². The molecule has 3 atom stereocenters. The summed E-state index contributed by atoms with van der Waals surface area (Å²) >= 11 is 0. The van der Waals surface area contributed by atoms with Crippen LogP contribution < -0.4 is 11.1 Å². The van der Waals surface area contributed by atoms with Crippen LogP contribution >= 0.6 is 0 Å². The Balaban J connectivity index is 1.90. The van der Waals surface area contributed by atoms with E-state index in [0.717, 1.165) is 5.56 Å².